The Balaban J connectivity index is 1.82. The fourth-order valence-corrected chi connectivity index (χ4v) is 3.64. The van der Waals surface area contributed by atoms with Gasteiger partial charge in [-0.25, -0.2) is 4.98 Å². The van der Waals surface area contributed by atoms with E-state index >= 15 is 0 Å². The van der Waals surface area contributed by atoms with Gasteiger partial charge >= 0.3 is 6.61 Å². The fraction of sp³-hybridized carbons (Fsp3) is 0.136. The number of methoxy groups -OCH3 is 1. The Morgan fingerprint density at radius 2 is 1.87 bits per heavy atom. The highest BCUT2D eigenvalue weighted by Gasteiger charge is 2.18. The monoisotopic (exact) mass is 444 g/mol. The standard InChI is InChI=1S/C22H18F2N2O4S/c1-13(27)20-18(14-7-4-3-5-8-14)26-22(31-20)25-17(28)12-11-15-9-6-10-16(29-2)19(15)30-21(23)24/h3-12,21H,1-2H3,(H,25,26,28)/b12-11+. The Hall–Kier alpha value is -3.59. The number of halogens is 2. The molecule has 3 aromatic rings. The van der Waals surface area contributed by atoms with Crippen molar-refractivity contribution < 1.29 is 27.8 Å². The van der Waals surface area contributed by atoms with Crippen LogP contribution in [0, 0.1) is 0 Å². The summed E-state index contributed by atoms with van der Waals surface area (Å²) in [7, 11) is 1.33. The maximum absolute atomic E-state index is 12.7. The second-order valence-corrected chi connectivity index (χ2v) is 7.20. The summed E-state index contributed by atoms with van der Waals surface area (Å²) >= 11 is 1.06. The minimum absolute atomic E-state index is 0.112. The van der Waals surface area contributed by atoms with Crippen molar-refractivity contribution in [3.05, 3.63) is 65.0 Å². The van der Waals surface area contributed by atoms with Crippen molar-refractivity contribution in [1.82, 2.24) is 4.98 Å². The number of hydrogen-bond acceptors (Lipinski definition) is 6. The quantitative estimate of drug-likeness (QED) is 0.378. The number of benzene rings is 2. The molecule has 1 heterocycles. The molecule has 1 amide bonds. The van der Waals surface area contributed by atoms with Crippen molar-refractivity contribution in [2.45, 2.75) is 13.5 Å². The van der Waals surface area contributed by atoms with Crippen LogP contribution in [-0.4, -0.2) is 30.4 Å². The third kappa shape index (κ3) is 5.52. The highest BCUT2D eigenvalue weighted by molar-refractivity contribution is 7.18. The molecule has 1 aromatic heterocycles. The lowest BCUT2D eigenvalue weighted by Crippen LogP contribution is -2.08. The second kappa shape index (κ2) is 9.94. The van der Waals surface area contributed by atoms with Crippen LogP contribution in [0.25, 0.3) is 17.3 Å². The smallest absolute Gasteiger partial charge is 0.387 e. The van der Waals surface area contributed by atoms with Crippen LogP contribution in [-0.2, 0) is 4.79 Å². The van der Waals surface area contributed by atoms with E-state index in [1.165, 1.54) is 32.2 Å². The molecule has 0 unspecified atom stereocenters. The predicted molar refractivity (Wildman–Crippen MR) is 115 cm³/mol. The summed E-state index contributed by atoms with van der Waals surface area (Å²) in [6.45, 7) is -1.62. The van der Waals surface area contributed by atoms with Crippen LogP contribution >= 0.6 is 11.3 Å². The molecule has 160 valence electrons. The van der Waals surface area contributed by atoms with Gasteiger partial charge in [0.2, 0.25) is 5.91 Å². The zero-order chi connectivity index (χ0) is 22.4. The van der Waals surface area contributed by atoms with Gasteiger partial charge in [-0.15, -0.1) is 0 Å². The van der Waals surface area contributed by atoms with Crippen LogP contribution < -0.4 is 14.8 Å². The average Bonchev–Trinajstić information content (AvgIpc) is 3.17. The Morgan fingerprint density at radius 3 is 2.52 bits per heavy atom. The number of hydrogen-bond donors (Lipinski definition) is 1. The van der Waals surface area contributed by atoms with Gasteiger partial charge in [-0.05, 0) is 12.1 Å². The topological polar surface area (TPSA) is 77.5 Å². The molecule has 0 aliphatic heterocycles. The molecule has 0 aliphatic carbocycles. The number of carbonyl (C=O) groups excluding carboxylic acids is 2. The second-order valence-electron chi connectivity index (χ2n) is 6.20. The van der Waals surface area contributed by atoms with E-state index in [4.69, 9.17) is 4.74 Å². The SMILES string of the molecule is COc1cccc(/C=C/C(=O)Nc2nc(-c3ccccc3)c(C(C)=O)s2)c1OC(F)F. The first-order chi connectivity index (χ1) is 14.9. The Kier molecular flexibility index (Phi) is 7.09. The van der Waals surface area contributed by atoms with Crippen molar-refractivity contribution in [2.24, 2.45) is 0 Å². The lowest BCUT2D eigenvalue weighted by molar-refractivity contribution is -0.111. The number of anilines is 1. The van der Waals surface area contributed by atoms with Crippen LogP contribution in [0.3, 0.4) is 0 Å². The molecule has 0 bridgehead atoms. The fourth-order valence-electron chi connectivity index (χ4n) is 2.76. The molecule has 0 atom stereocenters. The van der Waals surface area contributed by atoms with Crippen molar-refractivity contribution in [3.8, 4) is 22.8 Å². The lowest BCUT2D eigenvalue weighted by atomic mass is 10.1. The van der Waals surface area contributed by atoms with E-state index in [0.717, 1.165) is 23.0 Å². The van der Waals surface area contributed by atoms with E-state index in [9.17, 15) is 18.4 Å². The number of para-hydroxylation sites is 1. The van der Waals surface area contributed by atoms with Crippen LogP contribution in [0.5, 0.6) is 11.5 Å². The maximum Gasteiger partial charge on any atom is 0.387 e. The van der Waals surface area contributed by atoms with E-state index in [0.29, 0.717) is 10.6 Å². The Labute approximate surface area is 181 Å². The van der Waals surface area contributed by atoms with E-state index in [2.05, 4.69) is 15.0 Å². The third-order valence-corrected chi connectivity index (χ3v) is 5.15. The molecule has 9 heteroatoms. The zero-order valence-corrected chi connectivity index (χ0v) is 17.4. The number of nitrogens with zero attached hydrogens (tertiary/aromatic N) is 1. The van der Waals surface area contributed by atoms with Gasteiger partial charge in [-0.2, -0.15) is 8.78 Å². The molecule has 1 N–H and O–H groups in total. The molecule has 0 saturated carbocycles. The Bertz CT molecular complexity index is 1110. The van der Waals surface area contributed by atoms with Crippen molar-refractivity contribution in [1.29, 1.82) is 0 Å². The van der Waals surface area contributed by atoms with E-state index in [1.807, 2.05) is 30.3 Å². The minimum atomic E-state index is -3.05. The number of carbonyl (C=O) groups is 2. The molecule has 2 aromatic carbocycles. The van der Waals surface area contributed by atoms with Gasteiger partial charge in [-0.3, -0.25) is 14.9 Å². The Morgan fingerprint density at radius 1 is 1.13 bits per heavy atom. The van der Waals surface area contributed by atoms with Crippen LogP contribution in [0.4, 0.5) is 13.9 Å². The lowest BCUT2D eigenvalue weighted by Gasteiger charge is -2.12. The number of rotatable bonds is 8. The molecule has 6 nitrogen and oxygen atoms in total. The number of aromatic nitrogens is 1. The number of nitrogens with one attached hydrogen (secondary N) is 1. The van der Waals surface area contributed by atoms with Gasteiger partial charge in [0, 0.05) is 24.1 Å². The first kappa shape index (κ1) is 22.1. The van der Waals surface area contributed by atoms with Crippen LogP contribution in [0.15, 0.2) is 54.6 Å². The first-order valence-electron chi connectivity index (χ1n) is 9.07. The molecule has 3 rings (SSSR count). The van der Waals surface area contributed by atoms with E-state index < -0.39 is 12.5 Å². The minimum Gasteiger partial charge on any atom is -0.493 e. The number of thiazole rings is 1. The molecule has 0 saturated heterocycles. The first-order valence-corrected chi connectivity index (χ1v) is 9.88. The van der Waals surface area contributed by atoms with Crippen molar-refractivity contribution in [2.75, 3.05) is 12.4 Å². The van der Waals surface area contributed by atoms with E-state index in [1.54, 1.807) is 6.07 Å². The van der Waals surface area contributed by atoms with Gasteiger partial charge < -0.3 is 9.47 Å². The molecule has 0 radical (unpaired) electrons. The van der Waals surface area contributed by atoms with E-state index in [-0.39, 0.29) is 28.0 Å². The summed E-state index contributed by atoms with van der Waals surface area (Å²) in [6.07, 6.45) is 2.48. The van der Waals surface area contributed by atoms with Crippen molar-refractivity contribution in [3.63, 3.8) is 0 Å². The molecular formula is C22H18F2N2O4S. The molecule has 0 aliphatic rings. The summed E-state index contributed by atoms with van der Waals surface area (Å²) in [4.78, 5) is 29.1. The van der Waals surface area contributed by atoms with Crippen molar-refractivity contribution >= 4 is 34.2 Å². The predicted octanol–water partition coefficient (Wildman–Crippen LogP) is 5.27. The van der Waals surface area contributed by atoms with Gasteiger partial charge in [0.15, 0.2) is 22.4 Å². The average molecular weight is 444 g/mol. The number of alkyl halides is 2. The molecular weight excluding hydrogens is 426 g/mol. The summed E-state index contributed by atoms with van der Waals surface area (Å²) in [5, 5.41) is 2.84. The van der Waals surface area contributed by atoms with Crippen LogP contribution in [0.1, 0.15) is 22.2 Å². The van der Waals surface area contributed by atoms with Gasteiger partial charge in [-0.1, -0.05) is 53.8 Å². The molecule has 0 spiro atoms. The van der Waals surface area contributed by atoms with Gasteiger partial charge in [0.05, 0.1) is 17.7 Å². The number of ketones is 1. The maximum atomic E-state index is 12.7. The number of amides is 1. The molecule has 31 heavy (non-hydrogen) atoms. The number of Topliss-reactive ketones (excluding diaryl/α,β-unsaturated/α-hetero) is 1. The zero-order valence-electron chi connectivity index (χ0n) is 16.6. The molecule has 0 fully saturated rings. The van der Waals surface area contributed by atoms with Gasteiger partial charge in [0.1, 0.15) is 0 Å². The third-order valence-electron chi connectivity index (χ3n) is 4.07. The largest absolute Gasteiger partial charge is 0.493 e. The summed E-state index contributed by atoms with van der Waals surface area (Å²) in [5.74, 6) is -0.781. The highest BCUT2D eigenvalue weighted by atomic mass is 32.1. The normalized spacial score (nSPS) is 11.0. The number of ether oxygens (including phenoxy) is 2. The van der Waals surface area contributed by atoms with Gasteiger partial charge in [0.25, 0.3) is 0 Å². The summed E-state index contributed by atoms with van der Waals surface area (Å²) in [6, 6.07) is 13.7. The highest BCUT2D eigenvalue weighted by Crippen LogP contribution is 2.34. The summed E-state index contributed by atoms with van der Waals surface area (Å²) < 4.78 is 35.0. The van der Waals surface area contributed by atoms with Crippen LogP contribution in [0.2, 0.25) is 0 Å². The summed E-state index contributed by atoms with van der Waals surface area (Å²) in [5.41, 5.74) is 1.48.